The molecule has 0 aromatic carbocycles. The van der Waals surface area contributed by atoms with Crippen molar-refractivity contribution < 1.29 is 4.79 Å². The molecule has 0 aliphatic rings. The van der Waals surface area contributed by atoms with E-state index in [2.05, 4.69) is 9.97 Å². The van der Waals surface area contributed by atoms with Gasteiger partial charge in [0.2, 0.25) is 0 Å². The van der Waals surface area contributed by atoms with Crippen LogP contribution in [0.5, 0.6) is 0 Å². The van der Waals surface area contributed by atoms with E-state index in [9.17, 15) is 4.79 Å². The van der Waals surface area contributed by atoms with Crippen LogP contribution in [0.15, 0.2) is 31.2 Å². The lowest BCUT2D eigenvalue weighted by Crippen LogP contribution is -2.07. The van der Waals surface area contributed by atoms with Crippen LogP contribution in [0.4, 0.5) is 0 Å². The van der Waals surface area contributed by atoms with E-state index in [-0.39, 0.29) is 0 Å². The maximum Gasteiger partial charge on any atom is 0.168 e. The minimum absolute atomic E-state index is 0.602. The van der Waals surface area contributed by atoms with Crippen molar-refractivity contribution in [3.05, 3.63) is 36.9 Å². The van der Waals surface area contributed by atoms with Crippen molar-refractivity contribution in [1.82, 2.24) is 19.1 Å². The van der Waals surface area contributed by atoms with Gasteiger partial charge >= 0.3 is 0 Å². The van der Waals surface area contributed by atoms with Gasteiger partial charge in [-0.25, -0.2) is 9.97 Å². The van der Waals surface area contributed by atoms with E-state index in [0.717, 1.165) is 19.4 Å². The lowest BCUT2D eigenvalue weighted by Gasteiger charge is -2.04. The lowest BCUT2D eigenvalue weighted by molar-refractivity contribution is 0.111. The van der Waals surface area contributed by atoms with Gasteiger partial charge in [0.05, 0.1) is 18.9 Å². The SMILES string of the molecule is O=Cc1cncn1CCn1ccnc1. The number of nitrogens with zero attached hydrogens (tertiary/aromatic N) is 4. The summed E-state index contributed by atoms with van der Waals surface area (Å²) in [6.45, 7) is 1.52. The van der Waals surface area contributed by atoms with Crippen molar-refractivity contribution in [3.63, 3.8) is 0 Å². The summed E-state index contributed by atoms with van der Waals surface area (Å²) in [6, 6.07) is 0. The fourth-order valence-electron chi connectivity index (χ4n) is 1.26. The topological polar surface area (TPSA) is 52.7 Å². The zero-order valence-corrected chi connectivity index (χ0v) is 7.58. The van der Waals surface area contributed by atoms with Crippen molar-refractivity contribution in [2.45, 2.75) is 13.1 Å². The summed E-state index contributed by atoms with van der Waals surface area (Å²) >= 11 is 0. The van der Waals surface area contributed by atoms with Crippen molar-refractivity contribution in [2.24, 2.45) is 0 Å². The average molecular weight is 190 g/mol. The van der Waals surface area contributed by atoms with Gasteiger partial charge in [0.25, 0.3) is 0 Å². The highest BCUT2D eigenvalue weighted by molar-refractivity contribution is 5.71. The molecular formula is C9H10N4O. The quantitative estimate of drug-likeness (QED) is 0.663. The van der Waals surface area contributed by atoms with Crippen LogP contribution in [0.3, 0.4) is 0 Å². The molecular weight excluding hydrogens is 180 g/mol. The van der Waals surface area contributed by atoms with Gasteiger partial charge in [-0.2, -0.15) is 0 Å². The fourth-order valence-corrected chi connectivity index (χ4v) is 1.26. The molecule has 72 valence electrons. The molecule has 2 heterocycles. The molecule has 0 saturated heterocycles. The number of hydrogen-bond acceptors (Lipinski definition) is 3. The van der Waals surface area contributed by atoms with Gasteiger partial charge in [-0.15, -0.1) is 0 Å². The number of hydrogen-bond donors (Lipinski definition) is 0. The second-order valence-corrected chi connectivity index (χ2v) is 2.93. The first-order valence-corrected chi connectivity index (χ1v) is 4.31. The summed E-state index contributed by atoms with van der Waals surface area (Å²) < 4.78 is 3.77. The Morgan fingerprint density at radius 3 is 2.93 bits per heavy atom. The molecule has 0 radical (unpaired) electrons. The number of carbonyl (C=O) groups is 1. The second kappa shape index (κ2) is 3.87. The summed E-state index contributed by atoms with van der Waals surface area (Å²) in [5, 5.41) is 0. The third-order valence-electron chi connectivity index (χ3n) is 2.02. The van der Waals surface area contributed by atoms with Crippen LogP contribution in [-0.4, -0.2) is 25.4 Å². The van der Waals surface area contributed by atoms with Crippen LogP contribution in [0.2, 0.25) is 0 Å². The Labute approximate surface area is 81.0 Å². The minimum atomic E-state index is 0.602. The molecule has 14 heavy (non-hydrogen) atoms. The van der Waals surface area contributed by atoms with Crippen molar-refractivity contribution in [1.29, 1.82) is 0 Å². The summed E-state index contributed by atoms with van der Waals surface area (Å²) in [6.07, 6.45) is 9.38. The molecule has 0 amide bonds. The average Bonchev–Trinajstić information content (AvgIpc) is 2.85. The van der Waals surface area contributed by atoms with E-state index in [1.54, 1.807) is 25.0 Å². The Morgan fingerprint density at radius 1 is 1.29 bits per heavy atom. The number of aldehydes is 1. The Kier molecular flexibility index (Phi) is 2.40. The van der Waals surface area contributed by atoms with E-state index >= 15 is 0 Å². The number of imidazole rings is 2. The normalized spacial score (nSPS) is 10.3. The minimum Gasteiger partial charge on any atom is -0.336 e. The van der Waals surface area contributed by atoms with Gasteiger partial charge in [0, 0.05) is 25.5 Å². The van der Waals surface area contributed by atoms with Crippen molar-refractivity contribution >= 4 is 6.29 Å². The highest BCUT2D eigenvalue weighted by Crippen LogP contribution is 1.97. The van der Waals surface area contributed by atoms with Crippen LogP contribution in [0.25, 0.3) is 0 Å². The number of aryl methyl sites for hydroxylation is 2. The van der Waals surface area contributed by atoms with E-state index in [4.69, 9.17) is 0 Å². The maximum atomic E-state index is 10.6. The Balaban J connectivity index is 2.01. The molecule has 0 atom stereocenters. The highest BCUT2D eigenvalue weighted by Gasteiger charge is 1.99. The largest absolute Gasteiger partial charge is 0.336 e. The van der Waals surface area contributed by atoms with Gasteiger partial charge in [-0.3, -0.25) is 4.79 Å². The van der Waals surface area contributed by atoms with Crippen LogP contribution in [0.1, 0.15) is 10.5 Å². The number of aromatic nitrogens is 4. The lowest BCUT2D eigenvalue weighted by atomic mass is 10.5. The monoisotopic (exact) mass is 190 g/mol. The molecule has 5 heteroatoms. The molecule has 2 rings (SSSR count). The Morgan fingerprint density at radius 2 is 2.21 bits per heavy atom. The van der Waals surface area contributed by atoms with Crippen molar-refractivity contribution in [2.75, 3.05) is 0 Å². The van der Waals surface area contributed by atoms with E-state index in [1.807, 2.05) is 15.3 Å². The Hall–Kier alpha value is -1.91. The Bertz CT molecular complexity index is 404. The molecule has 2 aromatic heterocycles. The van der Waals surface area contributed by atoms with E-state index in [1.165, 1.54) is 0 Å². The molecule has 0 unspecified atom stereocenters. The molecule has 0 aliphatic heterocycles. The predicted octanol–water partition coefficient (Wildman–Crippen LogP) is 0.592. The summed E-state index contributed by atoms with van der Waals surface area (Å²) in [5.74, 6) is 0. The zero-order valence-electron chi connectivity index (χ0n) is 7.58. The molecule has 0 spiro atoms. The highest BCUT2D eigenvalue weighted by atomic mass is 16.1. The van der Waals surface area contributed by atoms with Gasteiger partial charge in [-0.1, -0.05) is 0 Å². The maximum absolute atomic E-state index is 10.6. The first-order chi connectivity index (χ1) is 6.90. The zero-order chi connectivity index (χ0) is 9.80. The standard InChI is InChI=1S/C9H10N4O/c14-6-9-5-11-8-13(9)4-3-12-2-1-10-7-12/h1-2,5-8H,3-4H2. The van der Waals surface area contributed by atoms with Crippen LogP contribution in [-0.2, 0) is 13.1 Å². The summed E-state index contributed by atoms with van der Waals surface area (Å²) in [4.78, 5) is 18.4. The van der Waals surface area contributed by atoms with E-state index in [0.29, 0.717) is 5.69 Å². The summed E-state index contributed by atoms with van der Waals surface area (Å²) in [7, 11) is 0. The molecule has 0 fully saturated rings. The first-order valence-electron chi connectivity index (χ1n) is 4.31. The fraction of sp³-hybridized carbons (Fsp3) is 0.222. The van der Waals surface area contributed by atoms with Crippen LogP contribution >= 0.6 is 0 Å². The molecule has 0 saturated carbocycles. The summed E-state index contributed by atoms with van der Waals surface area (Å²) in [5.41, 5.74) is 0.602. The molecule has 0 bridgehead atoms. The molecule has 5 nitrogen and oxygen atoms in total. The molecule has 0 aliphatic carbocycles. The second-order valence-electron chi connectivity index (χ2n) is 2.93. The number of carbonyl (C=O) groups excluding carboxylic acids is 1. The van der Waals surface area contributed by atoms with Gasteiger partial charge in [-0.05, 0) is 0 Å². The first kappa shape index (κ1) is 8.68. The van der Waals surface area contributed by atoms with Crippen molar-refractivity contribution in [3.8, 4) is 0 Å². The van der Waals surface area contributed by atoms with Crippen LogP contribution in [0, 0.1) is 0 Å². The van der Waals surface area contributed by atoms with Gasteiger partial charge in [0.15, 0.2) is 6.29 Å². The van der Waals surface area contributed by atoms with E-state index < -0.39 is 0 Å². The number of rotatable bonds is 4. The van der Waals surface area contributed by atoms with Gasteiger partial charge < -0.3 is 9.13 Å². The molecule has 0 N–H and O–H groups in total. The predicted molar refractivity (Wildman–Crippen MR) is 49.8 cm³/mol. The molecule has 2 aromatic rings. The smallest absolute Gasteiger partial charge is 0.168 e. The third-order valence-corrected chi connectivity index (χ3v) is 2.02. The van der Waals surface area contributed by atoms with Gasteiger partial charge in [0.1, 0.15) is 5.69 Å². The van der Waals surface area contributed by atoms with Crippen LogP contribution < -0.4 is 0 Å². The third kappa shape index (κ3) is 1.71.